The highest BCUT2D eigenvalue weighted by atomic mass is 16.6. The van der Waals surface area contributed by atoms with E-state index in [4.69, 9.17) is 9.47 Å². The average Bonchev–Trinajstić information content (AvgIpc) is 3.00. The van der Waals surface area contributed by atoms with Gasteiger partial charge in [-0.05, 0) is 26.3 Å². The van der Waals surface area contributed by atoms with Crippen molar-refractivity contribution in [2.24, 2.45) is 5.92 Å². The molecular formula is C16H21NO6. The van der Waals surface area contributed by atoms with Crippen molar-refractivity contribution in [3.05, 3.63) is 23.8 Å². The number of carbonyl (C=O) groups excluding carboxylic acids is 3. The molecular weight excluding hydrogens is 302 g/mol. The lowest BCUT2D eigenvalue weighted by molar-refractivity contribution is -0.144. The fourth-order valence-electron chi connectivity index (χ4n) is 2.84. The Morgan fingerprint density at radius 3 is 2.30 bits per heavy atom. The Hall–Kier alpha value is -2.31. The molecule has 2 heterocycles. The molecule has 0 unspecified atom stereocenters. The molecule has 0 aromatic rings. The van der Waals surface area contributed by atoms with Crippen LogP contribution in [0.25, 0.3) is 0 Å². The van der Waals surface area contributed by atoms with E-state index in [-0.39, 0.29) is 0 Å². The minimum Gasteiger partial charge on any atom is -0.468 e. The van der Waals surface area contributed by atoms with Crippen molar-refractivity contribution in [3.8, 4) is 0 Å². The predicted molar refractivity (Wildman–Crippen MR) is 80.4 cm³/mol. The topological polar surface area (TPSA) is 82.1 Å². The highest BCUT2D eigenvalue weighted by molar-refractivity contribution is 5.89. The number of methoxy groups -OCH3 is 2. The first-order chi connectivity index (χ1) is 10.7. The van der Waals surface area contributed by atoms with E-state index in [1.807, 2.05) is 0 Å². The summed E-state index contributed by atoms with van der Waals surface area (Å²) in [4.78, 5) is 37.6. The molecule has 2 aliphatic rings. The SMILES string of the molecule is COC(=O)/C=C1/[C@@H](C(=O)OC)[C@@H]2C=C[C@H]1N2C(=O)OC(C)(C)C. The molecule has 7 heteroatoms. The minimum atomic E-state index is -0.735. The number of nitrogens with zero attached hydrogens (tertiary/aromatic N) is 1. The molecule has 2 aliphatic heterocycles. The van der Waals surface area contributed by atoms with Gasteiger partial charge in [-0.25, -0.2) is 9.59 Å². The molecule has 0 aromatic carbocycles. The zero-order valence-electron chi connectivity index (χ0n) is 13.9. The second-order valence-corrected chi connectivity index (χ2v) is 6.38. The van der Waals surface area contributed by atoms with Crippen LogP contribution in [0.1, 0.15) is 20.8 Å². The second-order valence-electron chi connectivity index (χ2n) is 6.38. The molecule has 0 spiro atoms. The van der Waals surface area contributed by atoms with Gasteiger partial charge in [0, 0.05) is 6.08 Å². The third kappa shape index (κ3) is 3.23. The quantitative estimate of drug-likeness (QED) is 0.331. The van der Waals surface area contributed by atoms with Crippen LogP contribution in [0, 0.1) is 5.92 Å². The standard InChI is InChI=1S/C16H21NO6/c1-16(2,3)23-15(20)17-10-6-7-11(17)13(14(19)22-5)9(10)8-12(18)21-4/h6-8,10-11,13H,1-5H3/b9-8+/t10-,11+,13-/m1/s1. The van der Waals surface area contributed by atoms with Crippen molar-refractivity contribution in [1.29, 1.82) is 0 Å². The number of hydrogen-bond donors (Lipinski definition) is 0. The third-order valence-corrected chi connectivity index (χ3v) is 3.70. The van der Waals surface area contributed by atoms with Gasteiger partial charge >= 0.3 is 18.0 Å². The minimum absolute atomic E-state index is 0.474. The largest absolute Gasteiger partial charge is 0.468 e. The summed E-state index contributed by atoms with van der Waals surface area (Å²) in [6.07, 6.45) is 4.22. The van der Waals surface area contributed by atoms with Crippen molar-refractivity contribution in [3.63, 3.8) is 0 Å². The smallest absolute Gasteiger partial charge is 0.411 e. The molecule has 3 atom stereocenters. The lowest BCUT2D eigenvalue weighted by Crippen LogP contribution is -2.42. The van der Waals surface area contributed by atoms with Crippen LogP contribution < -0.4 is 0 Å². The van der Waals surface area contributed by atoms with Crippen molar-refractivity contribution in [1.82, 2.24) is 4.90 Å². The van der Waals surface area contributed by atoms with Gasteiger partial charge in [-0.15, -0.1) is 0 Å². The van der Waals surface area contributed by atoms with Gasteiger partial charge in [-0.3, -0.25) is 9.69 Å². The van der Waals surface area contributed by atoms with Gasteiger partial charge < -0.3 is 14.2 Å². The molecule has 7 nitrogen and oxygen atoms in total. The predicted octanol–water partition coefficient (Wildman–Crippen LogP) is 1.43. The fourth-order valence-corrected chi connectivity index (χ4v) is 2.84. The second kappa shape index (κ2) is 6.06. The maximum atomic E-state index is 12.4. The number of amides is 1. The third-order valence-electron chi connectivity index (χ3n) is 3.70. The first kappa shape index (κ1) is 17.1. The molecule has 0 saturated carbocycles. The van der Waals surface area contributed by atoms with E-state index in [0.717, 1.165) is 0 Å². The average molecular weight is 323 g/mol. The molecule has 0 aliphatic carbocycles. The maximum absolute atomic E-state index is 12.4. The van der Waals surface area contributed by atoms with Crippen LogP contribution >= 0.6 is 0 Å². The van der Waals surface area contributed by atoms with Crippen molar-refractivity contribution < 1.29 is 28.6 Å². The van der Waals surface area contributed by atoms with Gasteiger partial charge in [0.05, 0.1) is 26.3 Å². The van der Waals surface area contributed by atoms with Gasteiger partial charge in [0.15, 0.2) is 0 Å². The lowest BCUT2D eigenvalue weighted by atomic mass is 9.88. The van der Waals surface area contributed by atoms with Gasteiger partial charge in [0.2, 0.25) is 0 Å². The number of esters is 2. The summed E-state index contributed by atoms with van der Waals surface area (Å²) in [6.45, 7) is 5.29. The molecule has 0 N–H and O–H groups in total. The molecule has 2 rings (SSSR count). The highest BCUT2D eigenvalue weighted by Crippen LogP contribution is 2.42. The number of fused-ring (bicyclic) bond motifs is 2. The summed E-state index contributed by atoms with van der Waals surface area (Å²) in [6, 6.07) is -1.05. The summed E-state index contributed by atoms with van der Waals surface area (Å²) in [7, 11) is 2.52. The van der Waals surface area contributed by atoms with Crippen LogP contribution in [0.4, 0.5) is 4.79 Å². The van der Waals surface area contributed by atoms with Crippen LogP contribution in [0.5, 0.6) is 0 Å². The van der Waals surface area contributed by atoms with E-state index in [2.05, 4.69) is 4.74 Å². The summed E-state index contributed by atoms with van der Waals surface area (Å²) in [5.41, 5.74) is -0.186. The van der Waals surface area contributed by atoms with E-state index in [1.165, 1.54) is 25.2 Å². The number of rotatable bonds is 2. The Morgan fingerprint density at radius 1 is 1.13 bits per heavy atom. The first-order valence-electron chi connectivity index (χ1n) is 7.26. The van der Waals surface area contributed by atoms with E-state index < -0.39 is 41.6 Å². The summed E-state index contributed by atoms with van der Waals surface area (Å²) in [5.74, 6) is -1.83. The van der Waals surface area contributed by atoms with Crippen LogP contribution in [-0.2, 0) is 23.8 Å². The van der Waals surface area contributed by atoms with Gasteiger partial charge in [-0.2, -0.15) is 0 Å². The van der Waals surface area contributed by atoms with E-state index >= 15 is 0 Å². The van der Waals surface area contributed by atoms with Crippen LogP contribution in [-0.4, -0.2) is 54.8 Å². The molecule has 23 heavy (non-hydrogen) atoms. The van der Waals surface area contributed by atoms with Crippen molar-refractivity contribution in [2.45, 2.75) is 38.5 Å². The zero-order valence-corrected chi connectivity index (χ0v) is 13.9. The van der Waals surface area contributed by atoms with Crippen LogP contribution in [0.3, 0.4) is 0 Å². The molecule has 0 radical (unpaired) electrons. The molecule has 0 aromatic heterocycles. The fraction of sp³-hybridized carbons (Fsp3) is 0.562. The van der Waals surface area contributed by atoms with Gasteiger partial charge in [-0.1, -0.05) is 12.2 Å². The van der Waals surface area contributed by atoms with E-state index in [0.29, 0.717) is 5.57 Å². The normalized spacial score (nSPS) is 27.3. The molecule has 1 amide bonds. The molecule has 1 saturated heterocycles. The van der Waals surface area contributed by atoms with Crippen LogP contribution in [0.15, 0.2) is 23.8 Å². The maximum Gasteiger partial charge on any atom is 0.411 e. The Labute approximate surface area is 134 Å². The molecule has 1 fully saturated rings. The highest BCUT2D eigenvalue weighted by Gasteiger charge is 2.53. The summed E-state index contributed by atoms with van der Waals surface area (Å²) < 4.78 is 14.8. The van der Waals surface area contributed by atoms with Crippen LogP contribution in [0.2, 0.25) is 0 Å². The number of ether oxygens (including phenoxy) is 3. The van der Waals surface area contributed by atoms with E-state index in [9.17, 15) is 14.4 Å². The lowest BCUT2D eigenvalue weighted by Gasteiger charge is -2.27. The Kier molecular flexibility index (Phi) is 4.49. The Morgan fingerprint density at radius 2 is 1.78 bits per heavy atom. The Balaban J connectivity index is 2.36. The van der Waals surface area contributed by atoms with Gasteiger partial charge in [0.25, 0.3) is 0 Å². The van der Waals surface area contributed by atoms with Crippen molar-refractivity contribution in [2.75, 3.05) is 14.2 Å². The monoisotopic (exact) mass is 323 g/mol. The van der Waals surface area contributed by atoms with Gasteiger partial charge in [0.1, 0.15) is 11.5 Å². The van der Waals surface area contributed by atoms with Crippen molar-refractivity contribution >= 4 is 18.0 Å². The van der Waals surface area contributed by atoms with E-state index in [1.54, 1.807) is 32.9 Å². The summed E-state index contributed by atoms with van der Waals surface area (Å²) >= 11 is 0. The number of hydrogen-bond acceptors (Lipinski definition) is 6. The summed E-state index contributed by atoms with van der Waals surface area (Å²) in [5, 5.41) is 0. The number of carbonyl (C=O) groups is 3. The Bertz CT molecular complexity index is 586. The molecule has 2 bridgehead atoms. The zero-order chi connectivity index (χ0) is 17.4. The molecule has 126 valence electrons. The first-order valence-corrected chi connectivity index (χ1v) is 7.26.